The van der Waals surface area contributed by atoms with Gasteiger partial charge >= 0.3 is 0 Å². The molecule has 0 heteroatoms. The maximum Gasteiger partial charge on any atom is -0.0292 e. The van der Waals surface area contributed by atoms with Crippen molar-refractivity contribution in [3.8, 4) is 0 Å². The molecule has 4 atom stereocenters. The Balaban J connectivity index is 1.84. The van der Waals surface area contributed by atoms with Crippen molar-refractivity contribution in [3.63, 3.8) is 0 Å². The van der Waals surface area contributed by atoms with Gasteiger partial charge in [-0.15, -0.1) is 0 Å². The molecule has 0 aromatic rings. The molecule has 2 saturated carbocycles. The molecule has 0 amide bonds. The van der Waals surface area contributed by atoms with Crippen LogP contribution in [0, 0.1) is 40.9 Å². The summed E-state index contributed by atoms with van der Waals surface area (Å²) in [4.78, 5) is 0. The zero-order valence-electron chi connectivity index (χ0n) is 12.8. The average molecular weight is 236 g/mol. The highest BCUT2D eigenvalue weighted by atomic mass is 14.6. The van der Waals surface area contributed by atoms with E-state index >= 15 is 0 Å². The topological polar surface area (TPSA) is 0 Å². The highest BCUT2D eigenvalue weighted by Gasteiger charge is 2.53. The largest absolute Gasteiger partial charge is 0.0651 e. The van der Waals surface area contributed by atoms with Crippen LogP contribution in [0.25, 0.3) is 0 Å². The standard InChI is InChI=1S/C17H32/c1-7-12(4)15-8-16(15)13(5)17(6)9-14(10-17)11(2)3/h11-16H,7-10H2,1-6H3. The van der Waals surface area contributed by atoms with E-state index in [2.05, 4.69) is 41.5 Å². The zero-order valence-corrected chi connectivity index (χ0v) is 12.8. The summed E-state index contributed by atoms with van der Waals surface area (Å²) in [7, 11) is 0. The third-order valence-electron chi connectivity index (χ3n) is 6.41. The van der Waals surface area contributed by atoms with Crippen LogP contribution in [0.4, 0.5) is 0 Å². The van der Waals surface area contributed by atoms with Gasteiger partial charge in [0.05, 0.1) is 0 Å². The van der Waals surface area contributed by atoms with E-state index in [0.29, 0.717) is 5.41 Å². The number of hydrogen-bond donors (Lipinski definition) is 0. The van der Waals surface area contributed by atoms with Gasteiger partial charge in [-0.1, -0.05) is 48.0 Å². The van der Waals surface area contributed by atoms with Crippen molar-refractivity contribution < 1.29 is 0 Å². The number of rotatable bonds is 5. The Labute approximate surface area is 109 Å². The molecule has 100 valence electrons. The van der Waals surface area contributed by atoms with Crippen molar-refractivity contribution in [1.82, 2.24) is 0 Å². The van der Waals surface area contributed by atoms with E-state index in [1.807, 2.05) is 0 Å². The first-order valence-electron chi connectivity index (χ1n) is 7.89. The van der Waals surface area contributed by atoms with Crippen molar-refractivity contribution in [2.24, 2.45) is 40.9 Å². The minimum Gasteiger partial charge on any atom is -0.0651 e. The maximum absolute atomic E-state index is 2.56. The van der Waals surface area contributed by atoms with E-state index in [1.54, 1.807) is 0 Å². The summed E-state index contributed by atoms with van der Waals surface area (Å²) in [5.74, 6) is 5.97. The molecule has 2 rings (SSSR count). The molecule has 0 heterocycles. The summed E-state index contributed by atoms with van der Waals surface area (Å²) in [6.45, 7) is 14.7. The molecule has 2 fully saturated rings. The second kappa shape index (κ2) is 4.59. The van der Waals surface area contributed by atoms with Crippen molar-refractivity contribution in [2.75, 3.05) is 0 Å². The van der Waals surface area contributed by atoms with E-state index in [0.717, 1.165) is 35.5 Å². The zero-order chi connectivity index (χ0) is 12.8. The first-order chi connectivity index (χ1) is 7.89. The van der Waals surface area contributed by atoms with Crippen LogP contribution in [-0.4, -0.2) is 0 Å². The molecule has 2 aliphatic carbocycles. The predicted octanol–water partition coefficient (Wildman–Crippen LogP) is 5.38. The molecule has 0 N–H and O–H groups in total. The van der Waals surface area contributed by atoms with E-state index in [-0.39, 0.29) is 0 Å². The lowest BCUT2D eigenvalue weighted by Crippen LogP contribution is -2.43. The Bertz CT molecular complexity index is 259. The van der Waals surface area contributed by atoms with Crippen LogP contribution in [0.15, 0.2) is 0 Å². The van der Waals surface area contributed by atoms with Crippen LogP contribution in [-0.2, 0) is 0 Å². The second-order valence-corrected chi connectivity index (χ2v) is 7.80. The summed E-state index contributed by atoms with van der Waals surface area (Å²) in [5.41, 5.74) is 0.682. The summed E-state index contributed by atoms with van der Waals surface area (Å²) < 4.78 is 0. The van der Waals surface area contributed by atoms with E-state index in [4.69, 9.17) is 0 Å². The highest BCUT2D eigenvalue weighted by Crippen LogP contribution is 2.61. The first-order valence-corrected chi connectivity index (χ1v) is 7.89. The second-order valence-electron chi connectivity index (χ2n) is 7.80. The van der Waals surface area contributed by atoms with Gasteiger partial charge < -0.3 is 0 Å². The molecule has 0 radical (unpaired) electrons. The Morgan fingerprint density at radius 2 is 1.65 bits per heavy atom. The molecule has 0 bridgehead atoms. The van der Waals surface area contributed by atoms with E-state index in [1.165, 1.54) is 25.7 Å². The quantitative estimate of drug-likeness (QED) is 0.601. The van der Waals surface area contributed by atoms with Crippen molar-refractivity contribution in [1.29, 1.82) is 0 Å². The smallest absolute Gasteiger partial charge is 0.0292 e. The molecule has 0 aromatic carbocycles. The van der Waals surface area contributed by atoms with Gasteiger partial charge in [-0.3, -0.25) is 0 Å². The molecule has 0 nitrogen and oxygen atoms in total. The van der Waals surface area contributed by atoms with Gasteiger partial charge in [0.15, 0.2) is 0 Å². The van der Waals surface area contributed by atoms with E-state index in [9.17, 15) is 0 Å². The Hall–Kier alpha value is 0. The summed E-state index contributed by atoms with van der Waals surface area (Å²) >= 11 is 0. The lowest BCUT2D eigenvalue weighted by molar-refractivity contribution is -0.0174. The molecule has 0 saturated heterocycles. The fourth-order valence-corrected chi connectivity index (χ4v) is 4.27. The molecule has 17 heavy (non-hydrogen) atoms. The Kier molecular flexibility index (Phi) is 3.63. The minimum absolute atomic E-state index is 0.682. The summed E-state index contributed by atoms with van der Waals surface area (Å²) in [6, 6.07) is 0. The van der Waals surface area contributed by atoms with Crippen LogP contribution >= 0.6 is 0 Å². The molecular formula is C17H32. The summed E-state index contributed by atoms with van der Waals surface area (Å²) in [5, 5.41) is 0. The van der Waals surface area contributed by atoms with Crippen molar-refractivity contribution in [2.45, 2.75) is 67.2 Å². The molecular weight excluding hydrogens is 204 g/mol. The van der Waals surface area contributed by atoms with Crippen molar-refractivity contribution >= 4 is 0 Å². The average Bonchev–Trinajstić information content (AvgIpc) is 3.02. The minimum atomic E-state index is 0.682. The molecule has 2 aliphatic rings. The van der Waals surface area contributed by atoms with Crippen LogP contribution in [0.3, 0.4) is 0 Å². The predicted molar refractivity (Wildman–Crippen MR) is 75.9 cm³/mol. The highest BCUT2D eigenvalue weighted by molar-refractivity contribution is 5.02. The fourth-order valence-electron chi connectivity index (χ4n) is 4.27. The van der Waals surface area contributed by atoms with Gasteiger partial charge in [0, 0.05) is 0 Å². The maximum atomic E-state index is 2.56. The first kappa shape index (κ1) is 13.4. The van der Waals surface area contributed by atoms with Crippen LogP contribution < -0.4 is 0 Å². The van der Waals surface area contributed by atoms with Gasteiger partial charge in [-0.2, -0.15) is 0 Å². The van der Waals surface area contributed by atoms with Gasteiger partial charge in [0.25, 0.3) is 0 Å². The molecule has 0 spiro atoms. The Morgan fingerprint density at radius 3 is 2.12 bits per heavy atom. The molecule has 0 aliphatic heterocycles. The van der Waals surface area contributed by atoms with Crippen LogP contribution in [0.1, 0.15) is 67.2 Å². The molecule has 0 aromatic heterocycles. The van der Waals surface area contributed by atoms with Gasteiger partial charge in [0.2, 0.25) is 0 Å². The SMILES string of the molecule is CCC(C)C1CC1C(C)C1(C)CC(C(C)C)C1. The fraction of sp³-hybridized carbons (Fsp3) is 1.00. The van der Waals surface area contributed by atoms with E-state index < -0.39 is 0 Å². The normalized spacial score (nSPS) is 44.3. The monoisotopic (exact) mass is 236 g/mol. The lowest BCUT2D eigenvalue weighted by atomic mass is 9.54. The van der Waals surface area contributed by atoms with Gasteiger partial charge in [-0.05, 0) is 60.2 Å². The Morgan fingerprint density at radius 1 is 1.06 bits per heavy atom. The lowest BCUT2D eigenvalue weighted by Gasteiger charge is -2.51. The van der Waals surface area contributed by atoms with Crippen LogP contribution in [0.2, 0.25) is 0 Å². The van der Waals surface area contributed by atoms with Gasteiger partial charge in [-0.25, -0.2) is 0 Å². The number of hydrogen-bond acceptors (Lipinski definition) is 0. The van der Waals surface area contributed by atoms with Crippen LogP contribution in [0.5, 0.6) is 0 Å². The van der Waals surface area contributed by atoms with Crippen molar-refractivity contribution in [3.05, 3.63) is 0 Å². The van der Waals surface area contributed by atoms with Gasteiger partial charge in [0.1, 0.15) is 0 Å². The molecule has 4 unspecified atom stereocenters. The third-order valence-corrected chi connectivity index (χ3v) is 6.41. The third kappa shape index (κ3) is 2.42. The summed E-state index contributed by atoms with van der Waals surface area (Å²) in [6.07, 6.45) is 5.89.